The monoisotopic (exact) mass is 267 g/mol. The quantitative estimate of drug-likeness (QED) is 0.728. The fourth-order valence-corrected chi connectivity index (χ4v) is 1.58. The third-order valence-electron chi connectivity index (χ3n) is 2.67. The van der Waals surface area contributed by atoms with Crippen molar-refractivity contribution < 1.29 is 19.4 Å². The Labute approximate surface area is 113 Å². The van der Waals surface area contributed by atoms with Crippen molar-refractivity contribution >= 4 is 5.91 Å². The summed E-state index contributed by atoms with van der Waals surface area (Å²) in [4.78, 5) is 11.4. The number of ether oxygens (including phenoxy) is 2. The molecule has 0 spiro atoms. The minimum Gasteiger partial charge on any atom is -0.484 e. The third-order valence-corrected chi connectivity index (χ3v) is 2.67. The predicted octanol–water partition coefficient (Wildman–Crippen LogP) is 1.19. The molecule has 5 heteroatoms. The topological polar surface area (TPSA) is 67.8 Å². The summed E-state index contributed by atoms with van der Waals surface area (Å²) in [6.07, 6.45) is -0.509. The summed E-state index contributed by atoms with van der Waals surface area (Å²) in [6, 6.07) is 5.40. The number of carbonyl (C=O) groups is 1. The molecule has 0 saturated carbocycles. The number of aryl methyl sites for hydroxylation is 1. The Bertz CT molecular complexity index is 418. The Kier molecular flexibility index (Phi) is 6.32. The van der Waals surface area contributed by atoms with Crippen LogP contribution < -0.4 is 10.1 Å². The third kappa shape index (κ3) is 5.28. The number of hydrogen-bond acceptors (Lipinski definition) is 4. The molecule has 2 N–H and O–H groups in total. The second-order valence-electron chi connectivity index (χ2n) is 4.33. The maximum atomic E-state index is 11.4. The van der Waals surface area contributed by atoms with Gasteiger partial charge in [-0.3, -0.25) is 4.79 Å². The van der Waals surface area contributed by atoms with E-state index in [1.165, 1.54) is 0 Å². The molecule has 19 heavy (non-hydrogen) atoms. The second kappa shape index (κ2) is 7.76. The molecule has 0 aliphatic carbocycles. The van der Waals surface area contributed by atoms with Crippen molar-refractivity contribution in [3.05, 3.63) is 29.3 Å². The van der Waals surface area contributed by atoms with Gasteiger partial charge in [-0.2, -0.15) is 0 Å². The lowest BCUT2D eigenvalue weighted by Gasteiger charge is -2.12. The van der Waals surface area contributed by atoms with Gasteiger partial charge in [0.2, 0.25) is 0 Å². The van der Waals surface area contributed by atoms with Crippen LogP contribution in [0.2, 0.25) is 0 Å². The zero-order valence-corrected chi connectivity index (χ0v) is 11.6. The molecule has 1 unspecified atom stereocenters. The number of aliphatic hydroxyl groups is 1. The molecule has 0 aliphatic rings. The highest BCUT2D eigenvalue weighted by atomic mass is 16.5. The first-order valence-corrected chi connectivity index (χ1v) is 6.21. The molecule has 1 amide bonds. The molecular formula is C14H21NO4. The molecule has 0 saturated heterocycles. The van der Waals surface area contributed by atoms with E-state index in [1.807, 2.05) is 13.0 Å². The molecule has 106 valence electrons. The fraction of sp³-hybridized carbons (Fsp3) is 0.500. The number of rotatable bonds is 7. The average Bonchev–Trinajstić information content (AvgIpc) is 2.37. The predicted molar refractivity (Wildman–Crippen MR) is 72.2 cm³/mol. The van der Waals surface area contributed by atoms with Gasteiger partial charge in [-0.25, -0.2) is 0 Å². The largest absolute Gasteiger partial charge is 0.484 e. The van der Waals surface area contributed by atoms with Gasteiger partial charge < -0.3 is 19.9 Å². The lowest BCUT2D eigenvalue weighted by atomic mass is 10.1. The van der Waals surface area contributed by atoms with Gasteiger partial charge in [0.1, 0.15) is 5.75 Å². The van der Waals surface area contributed by atoms with Crippen molar-refractivity contribution in [3.8, 4) is 5.75 Å². The number of nitrogens with one attached hydrogen (secondary N) is 1. The average molecular weight is 267 g/mol. The maximum absolute atomic E-state index is 11.4. The maximum Gasteiger partial charge on any atom is 0.258 e. The molecule has 0 aliphatic heterocycles. The molecule has 0 radical (unpaired) electrons. The Balaban J connectivity index is 2.47. The molecule has 5 nitrogen and oxygen atoms in total. The van der Waals surface area contributed by atoms with E-state index in [0.29, 0.717) is 18.9 Å². The smallest absolute Gasteiger partial charge is 0.258 e. The van der Waals surface area contributed by atoms with Gasteiger partial charge in [0.25, 0.3) is 5.91 Å². The standard InChI is InChI=1S/C14H21NO4/c1-10-8-12(11(2)16)4-5-13(10)19-9-14(17)15-6-7-18-3/h4-5,8,11,16H,6-7,9H2,1-3H3,(H,15,17). The van der Waals surface area contributed by atoms with Crippen LogP contribution in [0, 0.1) is 6.92 Å². The summed E-state index contributed by atoms with van der Waals surface area (Å²) >= 11 is 0. The summed E-state index contributed by atoms with van der Waals surface area (Å²) < 4.78 is 10.3. The summed E-state index contributed by atoms with van der Waals surface area (Å²) in [5.74, 6) is 0.461. The molecule has 1 atom stereocenters. The van der Waals surface area contributed by atoms with Crippen LogP contribution in [-0.4, -0.2) is 37.9 Å². The first-order valence-electron chi connectivity index (χ1n) is 6.21. The lowest BCUT2D eigenvalue weighted by molar-refractivity contribution is -0.123. The number of amides is 1. The highest BCUT2D eigenvalue weighted by molar-refractivity contribution is 5.77. The first kappa shape index (κ1) is 15.5. The molecule has 1 aromatic rings. The van der Waals surface area contributed by atoms with E-state index < -0.39 is 6.10 Å². The minimum absolute atomic E-state index is 0.0292. The van der Waals surface area contributed by atoms with E-state index in [0.717, 1.165) is 11.1 Å². The number of benzene rings is 1. The van der Waals surface area contributed by atoms with Crippen molar-refractivity contribution in [2.24, 2.45) is 0 Å². The number of carbonyl (C=O) groups excluding carboxylic acids is 1. The highest BCUT2D eigenvalue weighted by Gasteiger charge is 2.07. The molecule has 0 heterocycles. The first-order chi connectivity index (χ1) is 9.04. The van der Waals surface area contributed by atoms with Crippen LogP contribution in [-0.2, 0) is 9.53 Å². The van der Waals surface area contributed by atoms with Crippen molar-refractivity contribution in [2.75, 3.05) is 26.9 Å². The SMILES string of the molecule is COCCNC(=O)COc1ccc(C(C)O)cc1C. The van der Waals surface area contributed by atoms with Crippen LogP contribution in [0.25, 0.3) is 0 Å². The summed E-state index contributed by atoms with van der Waals surface area (Å²) in [5, 5.41) is 12.1. The Morgan fingerprint density at radius 2 is 2.21 bits per heavy atom. The van der Waals surface area contributed by atoms with Crippen LogP contribution in [0.1, 0.15) is 24.2 Å². The molecular weight excluding hydrogens is 246 g/mol. The van der Waals surface area contributed by atoms with Gasteiger partial charge in [0.05, 0.1) is 12.7 Å². The zero-order valence-electron chi connectivity index (χ0n) is 11.6. The van der Waals surface area contributed by atoms with Crippen molar-refractivity contribution in [2.45, 2.75) is 20.0 Å². The van der Waals surface area contributed by atoms with Gasteiger partial charge in [0.15, 0.2) is 6.61 Å². The Hall–Kier alpha value is -1.59. The second-order valence-corrected chi connectivity index (χ2v) is 4.33. The summed E-state index contributed by atoms with van der Waals surface area (Å²) in [5.41, 5.74) is 1.72. The van der Waals surface area contributed by atoms with Crippen LogP contribution in [0.3, 0.4) is 0 Å². The Morgan fingerprint density at radius 1 is 1.47 bits per heavy atom. The summed E-state index contributed by atoms with van der Waals surface area (Å²) in [6.45, 7) is 4.51. The number of aliphatic hydroxyl groups excluding tert-OH is 1. The molecule has 1 rings (SSSR count). The number of methoxy groups -OCH3 is 1. The fourth-order valence-electron chi connectivity index (χ4n) is 1.58. The van der Waals surface area contributed by atoms with Gasteiger partial charge in [-0.05, 0) is 37.1 Å². The molecule has 0 fully saturated rings. The highest BCUT2D eigenvalue weighted by Crippen LogP contribution is 2.22. The van der Waals surface area contributed by atoms with E-state index in [-0.39, 0.29) is 12.5 Å². The van der Waals surface area contributed by atoms with Crippen molar-refractivity contribution in [1.29, 1.82) is 0 Å². The van der Waals surface area contributed by atoms with Gasteiger partial charge in [0, 0.05) is 13.7 Å². The molecule has 0 bridgehead atoms. The Morgan fingerprint density at radius 3 is 2.79 bits per heavy atom. The lowest BCUT2D eigenvalue weighted by Crippen LogP contribution is -2.31. The van der Waals surface area contributed by atoms with Crippen LogP contribution >= 0.6 is 0 Å². The zero-order chi connectivity index (χ0) is 14.3. The van der Waals surface area contributed by atoms with Gasteiger partial charge in [-0.15, -0.1) is 0 Å². The summed E-state index contributed by atoms with van der Waals surface area (Å²) in [7, 11) is 1.58. The van der Waals surface area contributed by atoms with E-state index in [4.69, 9.17) is 9.47 Å². The molecule has 1 aromatic carbocycles. The van der Waals surface area contributed by atoms with Gasteiger partial charge in [-0.1, -0.05) is 6.07 Å². The van der Waals surface area contributed by atoms with E-state index in [2.05, 4.69) is 5.32 Å². The number of hydrogen-bond donors (Lipinski definition) is 2. The van der Waals surface area contributed by atoms with Crippen molar-refractivity contribution in [3.63, 3.8) is 0 Å². The van der Waals surface area contributed by atoms with Crippen molar-refractivity contribution in [1.82, 2.24) is 5.32 Å². The normalized spacial score (nSPS) is 12.0. The van der Waals surface area contributed by atoms with Crippen LogP contribution in [0.15, 0.2) is 18.2 Å². The van der Waals surface area contributed by atoms with Crippen LogP contribution in [0.5, 0.6) is 5.75 Å². The van der Waals surface area contributed by atoms with Gasteiger partial charge >= 0.3 is 0 Å². The minimum atomic E-state index is -0.509. The van der Waals surface area contributed by atoms with E-state index in [1.54, 1.807) is 26.2 Å². The molecule has 0 aromatic heterocycles. The van der Waals surface area contributed by atoms with E-state index >= 15 is 0 Å². The van der Waals surface area contributed by atoms with Crippen LogP contribution in [0.4, 0.5) is 0 Å². The van der Waals surface area contributed by atoms with E-state index in [9.17, 15) is 9.90 Å².